The summed E-state index contributed by atoms with van der Waals surface area (Å²) in [6, 6.07) is 13.0. The predicted octanol–water partition coefficient (Wildman–Crippen LogP) is 6.13. The topological polar surface area (TPSA) is 72.4 Å². The molecule has 3 heterocycles. The van der Waals surface area contributed by atoms with Gasteiger partial charge in [-0.2, -0.15) is 0 Å². The highest BCUT2D eigenvalue weighted by Crippen LogP contribution is 2.32. The Morgan fingerprint density at radius 2 is 1.91 bits per heavy atom. The molecule has 8 heteroatoms. The summed E-state index contributed by atoms with van der Waals surface area (Å²) in [5.41, 5.74) is 2.42. The molecule has 0 spiro atoms. The molecule has 1 aliphatic rings. The molecule has 1 fully saturated rings. The van der Waals surface area contributed by atoms with Gasteiger partial charge in [-0.1, -0.05) is 35.3 Å². The fourth-order valence-corrected chi connectivity index (χ4v) is 4.55. The first-order chi connectivity index (χ1) is 15.6. The van der Waals surface area contributed by atoms with E-state index in [1.54, 1.807) is 24.4 Å². The van der Waals surface area contributed by atoms with Gasteiger partial charge in [0.15, 0.2) is 23.1 Å². The molecule has 0 aliphatic carbocycles. The number of nitrogens with zero attached hydrogens (tertiary/aromatic N) is 3. The molecule has 6 nitrogen and oxygen atoms in total. The Bertz CT molecular complexity index is 1230. The molecule has 0 radical (unpaired) electrons. The predicted molar refractivity (Wildman–Crippen MR) is 123 cm³/mol. The third-order valence-electron chi connectivity index (χ3n) is 5.81. The fourth-order valence-electron chi connectivity index (χ4n) is 4.05. The van der Waals surface area contributed by atoms with Crippen LogP contribution in [0.4, 0.5) is 0 Å². The first kappa shape index (κ1) is 21.0. The maximum atomic E-state index is 12.7. The van der Waals surface area contributed by atoms with Gasteiger partial charge in [0.25, 0.3) is 0 Å². The first-order valence-corrected chi connectivity index (χ1v) is 11.4. The zero-order valence-corrected chi connectivity index (χ0v) is 18.8. The molecule has 5 rings (SSSR count). The monoisotopic (exact) mass is 469 g/mol. The van der Waals surface area contributed by atoms with E-state index in [4.69, 9.17) is 32.0 Å². The first-order valence-electron chi connectivity index (χ1n) is 10.6. The molecule has 1 aliphatic heterocycles. The molecule has 0 bridgehead atoms. The van der Waals surface area contributed by atoms with Crippen molar-refractivity contribution >= 4 is 40.2 Å². The number of carbonyl (C=O) groups is 1. The van der Waals surface area contributed by atoms with Crippen molar-refractivity contribution in [3.05, 3.63) is 70.5 Å². The highest BCUT2D eigenvalue weighted by Gasteiger charge is 2.27. The summed E-state index contributed by atoms with van der Waals surface area (Å²) in [6.45, 7) is 1.39. The lowest BCUT2D eigenvalue weighted by atomic mass is 9.96. The number of para-hydroxylation sites is 2. The van der Waals surface area contributed by atoms with E-state index in [0.29, 0.717) is 47.6 Å². The van der Waals surface area contributed by atoms with Gasteiger partial charge < -0.3 is 13.7 Å². The van der Waals surface area contributed by atoms with Crippen molar-refractivity contribution in [1.82, 2.24) is 14.9 Å². The zero-order chi connectivity index (χ0) is 22.1. The number of benzene rings is 2. The van der Waals surface area contributed by atoms with E-state index in [-0.39, 0.29) is 11.8 Å². The van der Waals surface area contributed by atoms with Gasteiger partial charge in [-0.3, -0.25) is 4.79 Å². The Kier molecular flexibility index (Phi) is 5.89. The summed E-state index contributed by atoms with van der Waals surface area (Å²) in [7, 11) is 0. The number of likely N-dealkylation sites (tertiary alicyclic amines) is 1. The Balaban J connectivity index is 1.15. The molecule has 1 amide bonds. The zero-order valence-electron chi connectivity index (χ0n) is 17.3. The van der Waals surface area contributed by atoms with Crippen molar-refractivity contribution in [2.24, 2.45) is 0 Å². The third kappa shape index (κ3) is 4.38. The average Bonchev–Trinajstić information content (AvgIpc) is 3.45. The van der Waals surface area contributed by atoms with Gasteiger partial charge in [0.05, 0.1) is 11.2 Å². The summed E-state index contributed by atoms with van der Waals surface area (Å²) in [5, 5.41) is 1.06. The van der Waals surface area contributed by atoms with Crippen LogP contribution in [0.15, 0.2) is 57.5 Å². The summed E-state index contributed by atoms with van der Waals surface area (Å²) >= 11 is 12.2. The average molecular weight is 470 g/mol. The summed E-state index contributed by atoms with van der Waals surface area (Å²) in [5.74, 6) is 2.19. The number of halogens is 2. The number of fused-ring (bicyclic) bond motifs is 1. The van der Waals surface area contributed by atoms with Crippen LogP contribution < -0.4 is 0 Å². The summed E-state index contributed by atoms with van der Waals surface area (Å²) < 4.78 is 11.7. The highest BCUT2D eigenvalue weighted by molar-refractivity contribution is 6.36. The SMILES string of the molecule is O=C(CCc1ncc(-c2ccc(Cl)cc2Cl)o1)N1CCC(c2nc3ccccc3o2)CC1. The van der Waals surface area contributed by atoms with E-state index >= 15 is 0 Å². The van der Waals surface area contributed by atoms with Crippen molar-refractivity contribution in [2.75, 3.05) is 13.1 Å². The van der Waals surface area contributed by atoms with Crippen molar-refractivity contribution in [2.45, 2.75) is 31.6 Å². The Morgan fingerprint density at radius 1 is 1.09 bits per heavy atom. The Labute approximate surface area is 195 Å². The number of rotatable bonds is 5. The van der Waals surface area contributed by atoms with Crippen molar-refractivity contribution in [1.29, 1.82) is 0 Å². The minimum absolute atomic E-state index is 0.102. The molecule has 0 atom stereocenters. The number of amides is 1. The van der Waals surface area contributed by atoms with E-state index < -0.39 is 0 Å². The van der Waals surface area contributed by atoms with Gasteiger partial charge in [0.2, 0.25) is 5.91 Å². The fraction of sp³-hybridized carbons (Fsp3) is 0.292. The maximum absolute atomic E-state index is 12.7. The van der Waals surface area contributed by atoms with E-state index in [0.717, 1.165) is 35.4 Å². The Morgan fingerprint density at radius 3 is 2.69 bits per heavy atom. The number of aromatic nitrogens is 2. The summed E-state index contributed by atoms with van der Waals surface area (Å²) in [6.07, 6.45) is 4.10. The standard InChI is InChI=1S/C24H21Cl2N3O3/c25-16-5-6-17(18(26)13-16)21-14-27-22(31-21)7-8-23(30)29-11-9-15(10-12-29)24-28-19-3-1-2-4-20(19)32-24/h1-6,13-15H,7-12H2. The minimum Gasteiger partial charge on any atom is -0.441 e. The van der Waals surface area contributed by atoms with E-state index in [9.17, 15) is 4.79 Å². The second-order valence-electron chi connectivity index (χ2n) is 7.92. The molecule has 0 N–H and O–H groups in total. The van der Waals surface area contributed by atoms with Crippen LogP contribution in [-0.2, 0) is 11.2 Å². The molecular weight excluding hydrogens is 449 g/mol. The van der Waals surface area contributed by atoms with Crippen LogP contribution in [0.2, 0.25) is 10.0 Å². The molecule has 32 heavy (non-hydrogen) atoms. The van der Waals surface area contributed by atoms with Crippen LogP contribution in [0.25, 0.3) is 22.4 Å². The second kappa shape index (κ2) is 8.96. The van der Waals surface area contributed by atoms with Crippen LogP contribution >= 0.6 is 23.2 Å². The quantitative estimate of drug-likeness (QED) is 0.351. The molecule has 2 aromatic carbocycles. The van der Waals surface area contributed by atoms with Gasteiger partial charge in [-0.05, 0) is 43.2 Å². The molecule has 2 aromatic heterocycles. The molecular formula is C24H21Cl2N3O3. The number of hydrogen-bond donors (Lipinski definition) is 0. The lowest BCUT2D eigenvalue weighted by molar-refractivity contribution is -0.132. The van der Waals surface area contributed by atoms with Gasteiger partial charge in [0, 0.05) is 42.4 Å². The molecule has 0 unspecified atom stereocenters. The van der Waals surface area contributed by atoms with Crippen LogP contribution in [0.5, 0.6) is 0 Å². The number of carbonyl (C=O) groups excluding carboxylic acids is 1. The smallest absolute Gasteiger partial charge is 0.223 e. The number of piperidine rings is 1. The second-order valence-corrected chi connectivity index (χ2v) is 8.76. The van der Waals surface area contributed by atoms with E-state index in [2.05, 4.69) is 9.97 Å². The number of oxazole rings is 2. The minimum atomic E-state index is 0.102. The maximum Gasteiger partial charge on any atom is 0.223 e. The van der Waals surface area contributed by atoms with Crippen LogP contribution in [0.1, 0.15) is 37.0 Å². The van der Waals surface area contributed by atoms with Gasteiger partial charge in [-0.15, -0.1) is 0 Å². The van der Waals surface area contributed by atoms with Crippen molar-refractivity contribution < 1.29 is 13.6 Å². The van der Waals surface area contributed by atoms with Gasteiger partial charge in [-0.25, -0.2) is 9.97 Å². The lowest BCUT2D eigenvalue weighted by Crippen LogP contribution is -2.38. The molecule has 164 valence electrons. The summed E-state index contributed by atoms with van der Waals surface area (Å²) in [4.78, 5) is 23.5. The number of hydrogen-bond acceptors (Lipinski definition) is 5. The van der Waals surface area contributed by atoms with E-state index in [1.165, 1.54) is 0 Å². The number of aryl methyl sites for hydroxylation is 1. The van der Waals surface area contributed by atoms with E-state index in [1.807, 2.05) is 29.2 Å². The van der Waals surface area contributed by atoms with Crippen LogP contribution in [-0.4, -0.2) is 33.9 Å². The molecule has 4 aromatic rings. The molecule has 1 saturated heterocycles. The van der Waals surface area contributed by atoms with Gasteiger partial charge >= 0.3 is 0 Å². The lowest BCUT2D eigenvalue weighted by Gasteiger charge is -2.30. The van der Waals surface area contributed by atoms with Crippen molar-refractivity contribution in [3.8, 4) is 11.3 Å². The third-order valence-corrected chi connectivity index (χ3v) is 6.36. The van der Waals surface area contributed by atoms with Crippen LogP contribution in [0, 0.1) is 0 Å². The molecule has 0 saturated carbocycles. The van der Waals surface area contributed by atoms with Gasteiger partial charge in [0.1, 0.15) is 5.52 Å². The highest BCUT2D eigenvalue weighted by atomic mass is 35.5. The van der Waals surface area contributed by atoms with Crippen LogP contribution in [0.3, 0.4) is 0 Å². The normalized spacial score (nSPS) is 14.9. The Hall–Kier alpha value is -2.83. The largest absolute Gasteiger partial charge is 0.441 e. The van der Waals surface area contributed by atoms with Crippen molar-refractivity contribution in [3.63, 3.8) is 0 Å².